The molecule has 0 amide bonds. The second kappa shape index (κ2) is 12.9. The summed E-state index contributed by atoms with van der Waals surface area (Å²) in [7, 11) is -3.07. The number of benzene rings is 7. The zero-order valence-electron chi connectivity index (χ0n) is 27.7. The third-order valence-electron chi connectivity index (χ3n) is 9.56. The van der Waals surface area contributed by atoms with E-state index in [2.05, 4.69) is 78.9 Å². The van der Waals surface area contributed by atoms with E-state index in [1.54, 1.807) is 0 Å². The van der Waals surface area contributed by atoms with Gasteiger partial charge in [-0.05, 0) is 34.9 Å². The molecule has 9 aromatic rings. The minimum absolute atomic E-state index is 0.803. The fraction of sp³-hybridized carbons (Fsp3) is 0. The van der Waals surface area contributed by atoms with Crippen molar-refractivity contribution in [2.24, 2.45) is 0 Å². The highest BCUT2D eigenvalue weighted by molar-refractivity contribution is 7.85. The van der Waals surface area contributed by atoms with Gasteiger partial charge in [0, 0.05) is 38.0 Å². The van der Waals surface area contributed by atoms with Crippen molar-refractivity contribution in [1.82, 2.24) is 4.98 Å². The molecule has 0 fully saturated rings. The Morgan fingerprint density at radius 2 is 0.941 bits per heavy atom. The molecule has 0 aliphatic rings. The molecule has 4 heteroatoms. The number of para-hydroxylation sites is 1. The summed E-state index contributed by atoms with van der Waals surface area (Å²) in [6.07, 6.45) is 0. The number of aromatic nitrogens is 1. The predicted octanol–water partition coefficient (Wildman–Crippen LogP) is 11.3. The van der Waals surface area contributed by atoms with Gasteiger partial charge < -0.3 is 8.98 Å². The van der Waals surface area contributed by atoms with Crippen molar-refractivity contribution in [1.29, 1.82) is 0 Å². The van der Waals surface area contributed by atoms with Crippen LogP contribution in [0.3, 0.4) is 0 Å². The highest BCUT2D eigenvalue weighted by Gasteiger charge is 2.29. The van der Waals surface area contributed by atoms with Crippen LogP contribution in [0.4, 0.5) is 0 Å². The lowest BCUT2D eigenvalue weighted by Gasteiger charge is -2.20. The highest BCUT2D eigenvalue weighted by atomic mass is 31.2. The van der Waals surface area contributed by atoms with Gasteiger partial charge in [0.25, 0.3) is 0 Å². The van der Waals surface area contributed by atoms with Gasteiger partial charge in [-0.15, -0.1) is 0 Å². The molecular weight excluding hydrogens is 641 g/mol. The van der Waals surface area contributed by atoms with Gasteiger partial charge in [-0.1, -0.05) is 176 Å². The van der Waals surface area contributed by atoms with E-state index in [1.807, 2.05) is 115 Å². The van der Waals surface area contributed by atoms with Gasteiger partial charge >= 0.3 is 0 Å². The van der Waals surface area contributed by atoms with E-state index in [0.717, 1.165) is 82.6 Å². The van der Waals surface area contributed by atoms with E-state index >= 15 is 0 Å². The number of hydrogen-bond acceptors (Lipinski definition) is 3. The van der Waals surface area contributed by atoms with Gasteiger partial charge in [-0.3, -0.25) is 0 Å². The number of hydrogen-bond donors (Lipinski definition) is 0. The smallest absolute Gasteiger partial charge is 0.171 e. The number of pyridine rings is 1. The summed E-state index contributed by atoms with van der Waals surface area (Å²) in [5.41, 5.74) is 8.74. The first-order chi connectivity index (χ1) is 25.2. The number of rotatable bonds is 7. The Labute approximate surface area is 296 Å². The number of furan rings is 1. The van der Waals surface area contributed by atoms with E-state index in [4.69, 9.17) is 9.40 Å². The van der Waals surface area contributed by atoms with Gasteiger partial charge in [-0.2, -0.15) is 0 Å². The van der Waals surface area contributed by atoms with Crippen molar-refractivity contribution in [2.45, 2.75) is 0 Å². The Hall–Kier alpha value is -6.28. The Bertz CT molecular complexity index is 2640. The molecule has 242 valence electrons. The van der Waals surface area contributed by atoms with Crippen LogP contribution in [0.2, 0.25) is 0 Å². The maximum Gasteiger partial charge on any atom is 0.171 e. The van der Waals surface area contributed by atoms with Crippen LogP contribution >= 0.6 is 7.14 Å². The highest BCUT2D eigenvalue weighted by Crippen LogP contribution is 2.47. The maximum atomic E-state index is 15.0. The van der Waals surface area contributed by atoms with E-state index in [0.29, 0.717) is 0 Å². The normalized spacial score (nSPS) is 11.6. The van der Waals surface area contributed by atoms with Crippen molar-refractivity contribution in [2.75, 3.05) is 0 Å². The monoisotopic (exact) mass is 673 g/mol. The molecule has 0 aliphatic carbocycles. The molecule has 0 unspecified atom stereocenters. The molecule has 0 N–H and O–H groups in total. The molecule has 0 atom stereocenters. The van der Waals surface area contributed by atoms with Crippen molar-refractivity contribution in [3.63, 3.8) is 0 Å². The van der Waals surface area contributed by atoms with E-state index in [-0.39, 0.29) is 0 Å². The first-order valence-corrected chi connectivity index (χ1v) is 18.8. The second-order valence-corrected chi connectivity index (χ2v) is 15.4. The van der Waals surface area contributed by atoms with E-state index in [9.17, 15) is 4.57 Å². The lowest BCUT2D eigenvalue weighted by atomic mass is 9.94. The van der Waals surface area contributed by atoms with Crippen LogP contribution in [0.5, 0.6) is 0 Å². The topological polar surface area (TPSA) is 43.1 Å². The molecule has 0 saturated carbocycles. The van der Waals surface area contributed by atoms with Crippen molar-refractivity contribution >= 4 is 44.9 Å². The average molecular weight is 674 g/mol. The summed E-state index contributed by atoms with van der Waals surface area (Å²) in [5, 5.41) is 4.40. The van der Waals surface area contributed by atoms with Crippen molar-refractivity contribution in [3.05, 3.63) is 194 Å². The van der Waals surface area contributed by atoms with E-state index < -0.39 is 7.14 Å². The fourth-order valence-electron chi connectivity index (χ4n) is 7.10. The summed E-state index contributed by atoms with van der Waals surface area (Å²) in [6.45, 7) is 0. The fourth-order valence-corrected chi connectivity index (χ4v) is 9.75. The Balaban J connectivity index is 1.21. The average Bonchev–Trinajstić information content (AvgIpc) is 3.63. The molecular formula is C47H32NO2P. The van der Waals surface area contributed by atoms with Crippen LogP contribution < -0.4 is 15.9 Å². The van der Waals surface area contributed by atoms with Crippen LogP contribution in [-0.4, -0.2) is 4.98 Å². The van der Waals surface area contributed by atoms with Crippen LogP contribution in [0.15, 0.2) is 199 Å². The second-order valence-electron chi connectivity index (χ2n) is 12.6. The molecule has 0 aliphatic heterocycles. The standard InChI is InChI=1S/C47H32NO2P/c49-51(38-22-9-3-10-23-38,39-24-11-4-12-25-39)40-30-28-33(29-31-40)36-20-15-21-37(32-36)45-44-43(34-16-5-1-6-17-34)46(35-18-7-2-8-19-35)50-47(44)41-26-13-14-27-42(41)48-45/h1-32H. The summed E-state index contributed by atoms with van der Waals surface area (Å²) in [6, 6.07) is 65.2. The summed E-state index contributed by atoms with van der Waals surface area (Å²) in [4.78, 5) is 5.32. The third-order valence-corrected chi connectivity index (χ3v) is 12.6. The number of fused-ring (bicyclic) bond motifs is 3. The molecule has 2 heterocycles. The SMILES string of the molecule is O=P(c1ccccc1)(c1ccccc1)c1ccc(-c2cccc(-c3nc4ccccc4c4oc(-c5ccccc5)c(-c5ccccc5)c34)c2)cc1. The minimum Gasteiger partial charge on any atom is -0.455 e. The van der Waals surface area contributed by atoms with Crippen LogP contribution in [0.1, 0.15) is 0 Å². The van der Waals surface area contributed by atoms with Crippen LogP contribution in [0.25, 0.3) is 66.7 Å². The lowest BCUT2D eigenvalue weighted by molar-refractivity contribution is 0.592. The zero-order valence-corrected chi connectivity index (χ0v) is 28.6. The van der Waals surface area contributed by atoms with Crippen LogP contribution in [0, 0.1) is 0 Å². The third kappa shape index (κ3) is 5.40. The molecule has 51 heavy (non-hydrogen) atoms. The first-order valence-electron chi connectivity index (χ1n) is 17.1. The van der Waals surface area contributed by atoms with Crippen molar-refractivity contribution < 1.29 is 8.98 Å². The van der Waals surface area contributed by atoms with Gasteiger partial charge in [0.2, 0.25) is 0 Å². The molecule has 7 aromatic carbocycles. The van der Waals surface area contributed by atoms with Gasteiger partial charge in [0.1, 0.15) is 11.3 Å². The molecule has 0 spiro atoms. The van der Waals surface area contributed by atoms with E-state index in [1.165, 1.54) is 0 Å². The van der Waals surface area contributed by atoms with Gasteiger partial charge in [0.05, 0.1) is 16.6 Å². The molecule has 2 aromatic heterocycles. The summed E-state index contributed by atoms with van der Waals surface area (Å²) in [5.74, 6) is 0.823. The lowest BCUT2D eigenvalue weighted by Crippen LogP contribution is -2.24. The molecule has 0 radical (unpaired) electrons. The van der Waals surface area contributed by atoms with Crippen molar-refractivity contribution in [3.8, 4) is 44.8 Å². The largest absolute Gasteiger partial charge is 0.455 e. The molecule has 0 saturated heterocycles. The maximum absolute atomic E-state index is 15.0. The first kappa shape index (κ1) is 30.8. The summed E-state index contributed by atoms with van der Waals surface area (Å²) < 4.78 is 21.9. The number of nitrogens with zero attached hydrogens (tertiary/aromatic N) is 1. The Kier molecular flexibility index (Phi) is 7.76. The Morgan fingerprint density at radius 3 is 1.59 bits per heavy atom. The summed E-state index contributed by atoms with van der Waals surface area (Å²) >= 11 is 0. The minimum atomic E-state index is -3.07. The zero-order chi connectivity index (χ0) is 34.2. The van der Waals surface area contributed by atoms with Gasteiger partial charge in [0.15, 0.2) is 7.14 Å². The predicted molar refractivity (Wildman–Crippen MR) is 213 cm³/mol. The van der Waals surface area contributed by atoms with Gasteiger partial charge in [-0.25, -0.2) is 4.98 Å². The molecule has 3 nitrogen and oxygen atoms in total. The quantitative estimate of drug-likeness (QED) is 0.158. The Morgan fingerprint density at radius 1 is 0.431 bits per heavy atom. The molecule has 9 rings (SSSR count). The molecule has 0 bridgehead atoms. The van der Waals surface area contributed by atoms with Crippen LogP contribution in [-0.2, 0) is 4.57 Å².